The maximum absolute atomic E-state index is 12.8. The first-order valence-corrected chi connectivity index (χ1v) is 16.4. The summed E-state index contributed by atoms with van der Waals surface area (Å²) in [6.45, 7) is 2.77. The van der Waals surface area contributed by atoms with Crippen LogP contribution in [0.1, 0.15) is 81.5 Å². The summed E-state index contributed by atoms with van der Waals surface area (Å²) >= 11 is 0. The molecule has 0 saturated heterocycles. The Balaban J connectivity index is 2.34. The molecule has 256 valence electrons. The van der Waals surface area contributed by atoms with Crippen molar-refractivity contribution in [1.29, 1.82) is 0 Å². The molecule has 8 N–H and O–H groups in total. The number of aliphatic imine (C=N–C) groups is 1. The van der Waals surface area contributed by atoms with Gasteiger partial charge in [-0.2, -0.15) is 0 Å². The molecule has 1 rings (SSSR count). The van der Waals surface area contributed by atoms with Crippen LogP contribution in [-0.4, -0.2) is 54.5 Å². The summed E-state index contributed by atoms with van der Waals surface area (Å²) in [6, 6.07) is 5.43. The number of para-hydroxylation sites is 1. The average molecular weight is 647 g/mol. The van der Waals surface area contributed by atoms with Crippen LogP contribution < -0.4 is 27.4 Å². The third-order valence-corrected chi connectivity index (χ3v) is 6.59. The van der Waals surface area contributed by atoms with Crippen molar-refractivity contribution < 1.29 is 19.5 Å². The molecular formula is C37H54N6O4. The number of guanidine groups is 1. The molecule has 0 unspecified atom stereocenters. The van der Waals surface area contributed by atoms with Crippen molar-refractivity contribution >= 4 is 23.7 Å². The fourth-order valence-corrected chi connectivity index (χ4v) is 4.14. The van der Waals surface area contributed by atoms with E-state index >= 15 is 0 Å². The van der Waals surface area contributed by atoms with Gasteiger partial charge in [0, 0.05) is 26.1 Å². The van der Waals surface area contributed by atoms with Crippen LogP contribution in [0.3, 0.4) is 0 Å². The number of nitrogens with one attached hydrogen (secondary N) is 3. The van der Waals surface area contributed by atoms with Crippen LogP contribution in [0.5, 0.6) is 5.75 Å². The summed E-state index contributed by atoms with van der Waals surface area (Å²) < 4.78 is 0. The van der Waals surface area contributed by atoms with Gasteiger partial charge in [0.2, 0.25) is 11.8 Å². The number of phenols is 1. The first kappa shape index (κ1) is 40.2. The minimum Gasteiger partial charge on any atom is -0.507 e. The van der Waals surface area contributed by atoms with Gasteiger partial charge in [0.1, 0.15) is 11.8 Å². The monoisotopic (exact) mass is 646 g/mol. The second-order valence-corrected chi connectivity index (χ2v) is 10.6. The van der Waals surface area contributed by atoms with Gasteiger partial charge < -0.3 is 32.5 Å². The molecule has 0 aliphatic heterocycles. The highest BCUT2D eigenvalue weighted by Crippen LogP contribution is 2.14. The zero-order chi connectivity index (χ0) is 34.4. The smallest absolute Gasteiger partial charge is 0.255 e. The number of rotatable bonds is 24. The van der Waals surface area contributed by atoms with E-state index in [1.807, 2.05) is 12.2 Å². The molecule has 0 saturated carbocycles. The Labute approximate surface area is 280 Å². The summed E-state index contributed by atoms with van der Waals surface area (Å²) in [5.74, 6) is -1.21. The lowest BCUT2D eigenvalue weighted by molar-refractivity contribution is -0.129. The second-order valence-electron chi connectivity index (χ2n) is 10.6. The van der Waals surface area contributed by atoms with Crippen LogP contribution in [0.2, 0.25) is 0 Å². The van der Waals surface area contributed by atoms with E-state index in [1.165, 1.54) is 12.1 Å². The highest BCUT2D eigenvalue weighted by Gasteiger charge is 2.20. The minimum atomic E-state index is -0.768. The van der Waals surface area contributed by atoms with Crippen molar-refractivity contribution in [2.24, 2.45) is 16.5 Å². The van der Waals surface area contributed by atoms with Crippen molar-refractivity contribution in [2.75, 3.05) is 19.6 Å². The number of nitrogens with two attached hydrogens (primary N) is 2. The molecule has 10 heteroatoms. The fraction of sp³-hybridized carbons (Fsp3) is 0.405. The highest BCUT2D eigenvalue weighted by atomic mass is 16.3. The average Bonchev–Trinajstić information content (AvgIpc) is 3.05. The zero-order valence-corrected chi connectivity index (χ0v) is 27.8. The van der Waals surface area contributed by atoms with E-state index in [0.717, 1.165) is 38.5 Å². The molecule has 1 aromatic rings. The molecule has 1 aromatic carbocycles. The molecule has 10 nitrogen and oxygen atoms in total. The summed E-state index contributed by atoms with van der Waals surface area (Å²) in [5, 5.41) is 18.0. The number of benzene rings is 1. The van der Waals surface area contributed by atoms with Gasteiger partial charge in [0.25, 0.3) is 5.91 Å². The summed E-state index contributed by atoms with van der Waals surface area (Å²) in [5.41, 5.74) is 10.9. The van der Waals surface area contributed by atoms with E-state index in [2.05, 4.69) is 88.6 Å². The number of phenolic OH excluding ortho intramolecular Hbond substituents is 1. The van der Waals surface area contributed by atoms with Gasteiger partial charge >= 0.3 is 0 Å². The number of hydrogen-bond donors (Lipinski definition) is 6. The van der Waals surface area contributed by atoms with Gasteiger partial charge in [0.05, 0.1) is 5.56 Å². The third kappa shape index (κ3) is 22.3. The molecule has 3 amide bonds. The largest absolute Gasteiger partial charge is 0.507 e. The van der Waals surface area contributed by atoms with Crippen LogP contribution in [0.4, 0.5) is 0 Å². The standard InChI is InChI=1S/C37H54N6O4/c1-2-3-4-5-6-7-8-9-10-11-12-13-14-15-16-17-18-19-20-27-34(45)43-32(25-23-28-42-37(38)39)36(47)41-30-29-40-35(46)31-24-21-22-26-33(31)44/h3-4,6-7,9-10,12-13,15-16,18-19,21-22,24,26,32,44H,2,5,8,11,14,17,20,23,25,27-30H2,1H3,(H,40,46)(H,41,47)(H,43,45)(H4,38,39,42)/b4-3-,7-6-,10-9-,13-12-,16-15-,19-18-/t32-/m0/s1. The molecule has 0 bridgehead atoms. The predicted molar refractivity (Wildman–Crippen MR) is 193 cm³/mol. The van der Waals surface area contributed by atoms with E-state index in [0.29, 0.717) is 25.8 Å². The molecule has 47 heavy (non-hydrogen) atoms. The molecule has 0 fully saturated rings. The van der Waals surface area contributed by atoms with Gasteiger partial charge in [-0.3, -0.25) is 19.4 Å². The molecule has 0 heterocycles. The van der Waals surface area contributed by atoms with Crippen molar-refractivity contribution in [3.05, 3.63) is 103 Å². The van der Waals surface area contributed by atoms with Crippen molar-refractivity contribution in [3.8, 4) is 5.75 Å². The van der Waals surface area contributed by atoms with Gasteiger partial charge in [0.15, 0.2) is 5.96 Å². The first-order chi connectivity index (χ1) is 22.8. The fourth-order valence-electron chi connectivity index (χ4n) is 4.14. The van der Waals surface area contributed by atoms with Crippen LogP contribution >= 0.6 is 0 Å². The number of carbonyl (C=O) groups excluding carboxylic acids is 3. The van der Waals surface area contributed by atoms with Crippen LogP contribution in [-0.2, 0) is 9.59 Å². The first-order valence-electron chi connectivity index (χ1n) is 16.4. The van der Waals surface area contributed by atoms with E-state index < -0.39 is 11.9 Å². The predicted octanol–water partition coefficient (Wildman–Crippen LogP) is 5.25. The number of hydrogen-bond acceptors (Lipinski definition) is 5. The van der Waals surface area contributed by atoms with Gasteiger partial charge in [-0.15, -0.1) is 0 Å². The Kier molecular flexibility index (Phi) is 23.5. The Bertz CT molecular complexity index is 1260. The normalized spacial score (nSPS) is 12.5. The van der Waals surface area contributed by atoms with Crippen molar-refractivity contribution in [1.82, 2.24) is 16.0 Å². The van der Waals surface area contributed by atoms with Crippen LogP contribution in [0.25, 0.3) is 0 Å². The van der Waals surface area contributed by atoms with E-state index in [-0.39, 0.29) is 48.6 Å². The lowest BCUT2D eigenvalue weighted by Gasteiger charge is -2.18. The SMILES string of the molecule is CC/C=C\C/C=C\C/C=C\C/C=C\C/C=C\C/C=C\CCC(=O)N[C@@H](CCCN=C(N)N)C(=O)NCCNC(=O)c1ccccc1O. The number of amides is 3. The second kappa shape index (κ2) is 27.5. The molecule has 0 radical (unpaired) electrons. The quantitative estimate of drug-likeness (QED) is 0.0387. The van der Waals surface area contributed by atoms with Gasteiger partial charge in [-0.1, -0.05) is 92.0 Å². The molecule has 0 aliphatic rings. The van der Waals surface area contributed by atoms with E-state index in [9.17, 15) is 19.5 Å². The van der Waals surface area contributed by atoms with E-state index in [1.54, 1.807) is 12.1 Å². The summed E-state index contributed by atoms with van der Waals surface area (Å²) in [4.78, 5) is 41.6. The maximum Gasteiger partial charge on any atom is 0.255 e. The Morgan fingerprint density at radius 1 is 0.787 bits per heavy atom. The minimum absolute atomic E-state index is 0.0356. The lowest BCUT2D eigenvalue weighted by atomic mass is 10.1. The van der Waals surface area contributed by atoms with Crippen molar-refractivity contribution in [3.63, 3.8) is 0 Å². The van der Waals surface area contributed by atoms with Gasteiger partial charge in [-0.05, 0) is 69.9 Å². The zero-order valence-electron chi connectivity index (χ0n) is 27.8. The number of nitrogens with zero attached hydrogens (tertiary/aromatic N) is 1. The number of aromatic hydroxyl groups is 1. The summed E-state index contributed by atoms with van der Waals surface area (Å²) in [7, 11) is 0. The molecular weight excluding hydrogens is 592 g/mol. The topological polar surface area (TPSA) is 172 Å². The molecule has 0 spiro atoms. The van der Waals surface area contributed by atoms with Crippen LogP contribution in [0, 0.1) is 0 Å². The van der Waals surface area contributed by atoms with Crippen molar-refractivity contribution in [2.45, 2.75) is 77.2 Å². The summed E-state index contributed by atoms with van der Waals surface area (Å²) in [6.07, 6.45) is 32.9. The highest BCUT2D eigenvalue weighted by molar-refractivity contribution is 5.96. The third-order valence-electron chi connectivity index (χ3n) is 6.59. The maximum atomic E-state index is 12.8. The number of allylic oxidation sites excluding steroid dienone is 12. The Morgan fingerprint density at radius 3 is 1.87 bits per heavy atom. The Hall–Kier alpha value is -4.86. The molecule has 0 aliphatic carbocycles. The number of carbonyl (C=O) groups is 3. The van der Waals surface area contributed by atoms with Crippen LogP contribution in [0.15, 0.2) is 102 Å². The van der Waals surface area contributed by atoms with E-state index in [4.69, 9.17) is 11.5 Å². The molecule has 0 aromatic heterocycles. The van der Waals surface area contributed by atoms with Gasteiger partial charge in [-0.25, -0.2) is 0 Å². The molecule has 1 atom stereocenters. The lowest BCUT2D eigenvalue weighted by Crippen LogP contribution is -2.48. The Morgan fingerprint density at radius 2 is 1.32 bits per heavy atom.